The molecule has 37 heteroatoms. The van der Waals surface area contributed by atoms with Crippen molar-refractivity contribution in [2.24, 2.45) is 28.7 Å². The van der Waals surface area contributed by atoms with E-state index in [4.69, 9.17) is 53.3 Å². The molecule has 4 fully saturated rings. The standard InChI is InChI=1S/C25H23N7O3.C21H22N6O3.C20H21N7O3.C19H20N6O2/c26-23(33)22-24(28-17-1-4-19(5-2-17)32-11-13-35-14-12-32)31-20-6-3-18(15-21(20)30-22)29-25(34)16-7-9-27-10-8-16;1-13(28)23-15-4-7-17-18(12-15)25-19(20(22)29)21(26-17)24-14-2-5-16(6-3-14)27-8-10-30-11-9-27;21-18(28)17-19(26-15-6-3-13(24-20(22)29)11-16(15)25-17)23-12-1-4-14(5-2-12)27-7-9-30-10-8-27;20-12-1-6-15-16(11-12)23-17(18(21)26)19(24-15)22-13-2-4-14(5-3-13)25-7-9-27-10-8-25/h1-10,15H,11-14H2,(H2,26,33)(H,28,31)(H,29,34);2-7,12H,8-11H2,1H3,(H2,22,29)(H,23,28)(H,24,26);1-6,11H,7-10H2,(H2,21,28)(H,23,26)(H3,22,24,29);1-6,11H,7-10,20H2,(H2,21,26)(H,22,24). The summed E-state index contributed by atoms with van der Waals surface area (Å²) in [5.41, 5.74) is 47.3. The molecule has 0 saturated carbocycles. The fraction of sp³-hybridized carbons (Fsp3) is 0.200. The molecular formula is C85H86N26O11. The highest BCUT2D eigenvalue weighted by molar-refractivity contribution is 6.06. The minimum absolute atomic E-state index is 0.00372. The SMILES string of the molecule is CC(=O)Nc1ccc2nc(Nc3ccc(N4CCOCC4)cc3)c(C(N)=O)nc2c1.NC(=O)Nc1ccc2nc(Nc3ccc(N4CCOCC4)cc3)c(C(N)=O)nc2c1.NC(=O)c1nc2cc(N)ccc2nc1Nc1ccc(N2CCOCC2)cc1.NC(=O)c1nc2cc(NC(=O)c3ccncc3)ccc2nc1Nc1ccc(N2CCOCC2)cc1. The number of aromatic nitrogens is 9. The molecule has 0 radical (unpaired) electrons. The molecule has 8 amide bonds. The van der Waals surface area contributed by atoms with E-state index in [0.29, 0.717) is 105 Å². The Balaban J connectivity index is 0.000000133. The number of ether oxygens (including phenoxy) is 4. The third-order valence-electron chi connectivity index (χ3n) is 19.4. The topological polar surface area (TPSA) is 526 Å². The summed E-state index contributed by atoms with van der Waals surface area (Å²) in [5, 5.41) is 20.5. The van der Waals surface area contributed by atoms with Crippen molar-refractivity contribution < 1.29 is 52.5 Å². The third-order valence-corrected chi connectivity index (χ3v) is 19.4. The van der Waals surface area contributed by atoms with Crippen molar-refractivity contribution in [1.29, 1.82) is 0 Å². The zero-order chi connectivity index (χ0) is 85.2. The van der Waals surface area contributed by atoms with Crippen LogP contribution in [-0.4, -0.2) is 192 Å². The van der Waals surface area contributed by atoms with Crippen LogP contribution in [-0.2, 0) is 23.7 Å². The molecule has 5 aromatic heterocycles. The molecule has 13 aromatic rings. The Morgan fingerprint density at radius 1 is 0.303 bits per heavy atom. The highest BCUT2D eigenvalue weighted by Crippen LogP contribution is 2.32. The van der Waals surface area contributed by atoms with Crippen molar-refractivity contribution in [3.05, 3.63) is 223 Å². The molecule has 8 aromatic carbocycles. The first-order valence-corrected chi connectivity index (χ1v) is 38.7. The molecule has 0 spiro atoms. The van der Waals surface area contributed by atoms with Gasteiger partial charge in [0.15, 0.2) is 46.0 Å². The van der Waals surface area contributed by atoms with Gasteiger partial charge in [-0.25, -0.2) is 44.7 Å². The van der Waals surface area contributed by atoms with Gasteiger partial charge in [-0.1, -0.05) is 0 Å². The summed E-state index contributed by atoms with van der Waals surface area (Å²) in [6.07, 6.45) is 3.09. The lowest BCUT2D eigenvalue weighted by Gasteiger charge is -2.28. The van der Waals surface area contributed by atoms with Crippen molar-refractivity contribution in [3.63, 3.8) is 0 Å². The Kier molecular flexibility index (Phi) is 26.3. The van der Waals surface area contributed by atoms with E-state index in [1.165, 1.54) is 6.92 Å². The smallest absolute Gasteiger partial charge is 0.316 e. The van der Waals surface area contributed by atoms with Crippen LogP contribution >= 0.6 is 0 Å². The summed E-state index contributed by atoms with van der Waals surface area (Å²) in [5.74, 6) is -2.14. The molecule has 622 valence electrons. The van der Waals surface area contributed by atoms with Crippen LogP contribution in [0.2, 0.25) is 0 Å². The Morgan fingerprint density at radius 2 is 0.566 bits per heavy atom. The van der Waals surface area contributed by atoms with E-state index in [1.807, 2.05) is 97.1 Å². The fourth-order valence-corrected chi connectivity index (χ4v) is 13.4. The van der Waals surface area contributed by atoms with Crippen molar-refractivity contribution in [2.45, 2.75) is 6.92 Å². The number of primary amides is 5. The van der Waals surface area contributed by atoms with Gasteiger partial charge >= 0.3 is 6.03 Å². The van der Waals surface area contributed by atoms with Crippen LogP contribution < -0.4 is 91.2 Å². The summed E-state index contributed by atoms with van der Waals surface area (Å²) < 4.78 is 21.6. The zero-order valence-electron chi connectivity index (χ0n) is 66.1. The molecule has 0 atom stereocenters. The van der Waals surface area contributed by atoms with E-state index in [0.717, 1.165) is 124 Å². The third kappa shape index (κ3) is 21.4. The van der Waals surface area contributed by atoms with Crippen LogP contribution in [0, 0.1) is 0 Å². The second-order valence-electron chi connectivity index (χ2n) is 27.9. The van der Waals surface area contributed by atoms with Gasteiger partial charge < -0.3 is 110 Å². The quantitative estimate of drug-likeness (QED) is 0.0316. The predicted octanol–water partition coefficient (Wildman–Crippen LogP) is 8.91. The average Bonchev–Trinajstić information content (AvgIpc) is 0.807. The molecule has 17 rings (SSSR count). The lowest BCUT2D eigenvalue weighted by molar-refractivity contribution is -0.114. The fourth-order valence-electron chi connectivity index (χ4n) is 13.4. The van der Waals surface area contributed by atoms with Gasteiger partial charge in [0.1, 0.15) is 0 Å². The minimum atomic E-state index is -0.717. The average molecular weight is 1650 g/mol. The van der Waals surface area contributed by atoms with E-state index >= 15 is 0 Å². The Bertz CT molecular complexity index is 5820. The predicted molar refractivity (Wildman–Crippen MR) is 467 cm³/mol. The molecule has 4 aliphatic heterocycles. The Hall–Kier alpha value is -15.6. The largest absolute Gasteiger partial charge is 0.399 e. The number of benzene rings is 8. The number of carbonyl (C=O) groups is 7. The molecule has 37 nitrogen and oxygen atoms in total. The van der Waals surface area contributed by atoms with Crippen LogP contribution in [0.25, 0.3) is 44.1 Å². The van der Waals surface area contributed by atoms with E-state index in [2.05, 4.69) is 102 Å². The first-order valence-electron chi connectivity index (χ1n) is 38.7. The second-order valence-corrected chi connectivity index (χ2v) is 27.9. The molecule has 0 unspecified atom stereocenters. The van der Waals surface area contributed by atoms with Gasteiger partial charge in [0.05, 0.1) is 97.0 Å². The lowest BCUT2D eigenvalue weighted by atomic mass is 10.2. The molecule has 19 N–H and O–H groups in total. The minimum Gasteiger partial charge on any atom is -0.399 e. The number of hydrogen-bond acceptors (Lipinski definition) is 29. The molecule has 0 bridgehead atoms. The van der Waals surface area contributed by atoms with Crippen LogP contribution in [0.5, 0.6) is 0 Å². The lowest BCUT2D eigenvalue weighted by Crippen LogP contribution is -2.36. The van der Waals surface area contributed by atoms with E-state index in [9.17, 15) is 33.6 Å². The number of amides is 8. The highest BCUT2D eigenvalue weighted by Gasteiger charge is 2.23. The van der Waals surface area contributed by atoms with Crippen molar-refractivity contribution >= 4 is 177 Å². The summed E-state index contributed by atoms with van der Waals surface area (Å²) in [6.45, 7) is 14.0. The van der Waals surface area contributed by atoms with Crippen LogP contribution in [0.1, 0.15) is 59.2 Å². The monoisotopic (exact) mass is 1650 g/mol. The second kappa shape index (κ2) is 38.7. The molecule has 9 heterocycles. The van der Waals surface area contributed by atoms with Crippen molar-refractivity contribution in [2.75, 3.05) is 168 Å². The van der Waals surface area contributed by atoms with Crippen LogP contribution in [0.4, 0.5) is 96.3 Å². The van der Waals surface area contributed by atoms with Gasteiger partial charge in [0, 0.05) is 145 Å². The number of urea groups is 1. The maximum absolute atomic E-state index is 12.4. The Morgan fingerprint density at radius 3 is 0.844 bits per heavy atom. The van der Waals surface area contributed by atoms with Crippen molar-refractivity contribution in [3.8, 4) is 0 Å². The maximum Gasteiger partial charge on any atom is 0.316 e. The number of nitrogens with two attached hydrogens (primary N) is 6. The van der Waals surface area contributed by atoms with Crippen LogP contribution in [0.15, 0.2) is 194 Å². The summed E-state index contributed by atoms with van der Waals surface area (Å²) in [7, 11) is 0. The normalized spacial score (nSPS) is 13.8. The number of morpholine rings is 4. The number of nitrogens with zero attached hydrogens (tertiary/aromatic N) is 13. The molecule has 0 aliphatic carbocycles. The molecule has 4 aliphatic rings. The zero-order valence-corrected chi connectivity index (χ0v) is 66.1. The van der Waals surface area contributed by atoms with E-state index in [1.54, 1.807) is 97.3 Å². The van der Waals surface area contributed by atoms with Gasteiger partial charge in [-0.2, -0.15) is 0 Å². The number of hydrogen-bond donors (Lipinski definition) is 13. The van der Waals surface area contributed by atoms with Crippen LogP contribution in [0.3, 0.4) is 0 Å². The van der Waals surface area contributed by atoms with Gasteiger partial charge in [-0.15, -0.1) is 0 Å². The molecular weight excluding hydrogens is 1560 g/mol. The number of nitrogen functional groups attached to an aromatic ring is 1. The first-order chi connectivity index (χ1) is 59.1. The summed E-state index contributed by atoms with van der Waals surface area (Å²) >= 11 is 0. The Labute approximate surface area is 697 Å². The highest BCUT2D eigenvalue weighted by atomic mass is 16.5. The van der Waals surface area contributed by atoms with Gasteiger partial charge in [0.25, 0.3) is 29.5 Å². The first kappa shape index (κ1) is 82.9. The number of rotatable bonds is 20. The van der Waals surface area contributed by atoms with Gasteiger partial charge in [-0.05, 0) is 182 Å². The van der Waals surface area contributed by atoms with E-state index in [-0.39, 0.29) is 52.0 Å². The maximum atomic E-state index is 12.4. The number of nitrogens with one attached hydrogen (secondary N) is 7. The summed E-state index contributed by atoms with van der Waals surface area (Å²) in [6, 6.07) is 54.2. The molecule has 122 heavy (non-hydrogen) atoms. The van der Waals surface area contributed by atoms with Gasteiger partial charge in [0.2, 0.25) is 5.91 Å². The molecule has 4 saturated heterocycles. The number of carbonyl (C=O) groups excluding carboxylic acids is 7. The number of fused-ring (bicyclic) bond motifs is 4. The number of pyridine rings is 1. The summed E-state index contributed by atoms with van der Waals surface area (Å²) in [4.78, 5) is 131. The van der Waals surface area contributed by atoms with E-state index < -0.39 is 29.7 Å². The van der Waals surface area contributed by atoms with Gasteiger partial charge in [-0.3, -0.25) is 33.8 Å². The number of anilines is 16. The van der Waals surface area contributed by atoms with Crippen molar-refractivity contribution in [1.82, 2.24) is 44.9 Å².